The predicted octanol–water partition coefficient (Wildman–Crippen LogP) is 2.81. The van der Waals surface area contributed by atoms with E-state index in [0.717, 1.165) is 12.0 Å². The number of nitrogens with one attached hydrogen (secondary N) is 1. The Morgan fingerprint density at radius 3 is 2.72 bits per heavy atom. The Bertz CT molecular complexity index is 410. The predicted molar refractivity (Wildman–Crippen MR) is 74.1 cm³/mol. The normalized spacial score (nSPS) is 12.2. The van der Waals surface area contributed by atoms with Gasteiger partial charge in [-0.05, 0) is 37.5 Å². The maximum Gasteiger partial charge on any atom is 0.224 e. The van der Waals surface area contributed by atoms with E-state index >= 15 is 0 Å². The molecule has 0 spiro atoms. The second-order valence-electron chi connectivity index (χ2n) is 4.26. The average Bonchev–Trinajstić information content (AvgIpc) is 2.31. The number of amides is 1. The molecule has 3 nitrogen and oxygen atoms in total. The largest absolute Gasteiger partial charge is 0.396 e. The Morgan fingerprint density at radius 1 is 1.39 bits per heavy atom. The minimum absolute atomic E-state index is 0.0566. The fourth-order valence-electron chi connectivity index (χ4n) is 1.63. The zero-order chi connectivity index (χ0) is 13.5. The van der Waals surface area contributed by atoms with Gasteiger partial charge < -0.3 is 10.4 Å². The van der Waals surface area contributed by atoms with Gasteiger partial charge in [-0.3, -0.25) is 4.79 Å². The minimum Gasteiger partial charge on any atom is -0.396 e. The molecule has 1 amide bonds. The number of halogens is 2. The van der Waals surface area contributed by atoms with Crippen molar-refractivity contribution in [2.24, 2.45) is 0 Å². The Kier molecular flexibility index (Phi) is 6.47. The van der Waals surface area contributed by atoms with Crippen molar-refractivity contribution < 1.29 is 9.90 Å². The van der Waals surface area contributed by atoms with Gasteiger partial charge in [0.25, 0.3) is 0 Å². The topological polar surface area (TPSA) is 49.3 Å². The zero-order valence-corrected chi connectivity index (χ0v) is 11.8. The number of hydrogen-bond donors (Lipinski definition) is 2. The molecule has 1 aromatic rings. The summed E-state index contributed by atoms with van der Waals surface area (Å²) >= 11 is 11.7. The Hall–Kier alpha value is -0.770. The first-order valence-electron chi connectivity index (χ1n) is 5.87. The molecule has 18 heavy (non-hydrogen) atoms. The molecule has 0 radical (unpaired) electrons. The van der Waals surface area contributed by atoms with Crippen molar-refractivity contribution in [2.75, 3.05) is 6.61 Å². The molecule has 1 atom stereocenters. The van der Waals surface area contributed by atoms with Gasteiger partial charge in [0.1, 0.15) is 0 Å². The maximum absolute atomic E-state index is 11.7. The number of aliphatic hydroxyl groups excluding tert-OH is 1. The zero-order valence-electron chi connectivity index (χ0n) is 10.2. The van der Waals surface area contributed by atoms with Crippen LogP contribution in [-0.2, 0) is 11.2 Å². The van der Waals surface area contributed by atoms with Crippen molar-refractivity contribution in [1.29, 1.82) is 0 Å². The number of aliphatic hydroxyl groups is 1. The quantitative estimate of drug-likeness (QED) is 0.846. The van der Waals surface area contributed by atoms with Crippen LogP contribution < -0.4 is 5.32 Å². The lowest BCUT2D eigenvalue weighted by molar-refractivity contribution is -0.121. The van der Waals surface area contributed by atoms with E-state index in [2.05, 4.69) is 5.32 Å². The lowest BCUT2D eigenvalue weighted by Gasteiger charge is -2.13. The molecule has 1 unspecified atom stereocenters. The summed E-state index contributed by atoms with van der Waals surface area (Å²) < 4.78 is 0. The average molecular weight is 290 g/mol. The number of benzene rings is 1. The van der Waals surface area contributed by atoms with E-state index in [0.29, 0.717) is 16.5 Å². The van der Waals surface area contributed by atoms with E-state index in [9.17, 15) is 4.79 Å². The molecule has 0 saturated carbocycles. The molecule has 1 aromatic carbocycles. The molecular weight excluding hydrogens is 273 g/mol. The highest BCUT2D eigenvalue weighted by Crippen LogP contribution is 2.22. The van der Waals surface area contributed by atoms with Gasteiger partial charge in [-0.1, -0.05) is 29.3 Å². The summed E-state index contributed by atoms with van der Waals surface area (Å²) in [6, 6.07) is 5.22. The highest BCUT2D eigenvalue weighted by Gasteiger charge is 2.09. The Morgan fingerprint density at radius 2 is 2.11 bits per heavy atom. The summed E-state index contributed by atoms with van der Waals surface area (Å²) in [4.78, 5) is 11.7. The third-order valence-electron chi connectivity index (χ3n) is 2.55. The first kappa shape index (κ1) is 15.3. The van der Waals surface area contributed by atoms with E-state index in [1.165, 1.54) is 0 Å². The standard InChI is InChI=1S/C13H17Cl2NO2/c1-9(3-2-6-17)16-13(18)8-10-4-5-11(14)12(15)7-10/h4-5,7,9,17H,2-3,6,8H2,1H3,(H,16,18). The second kappa shape index (κ2) is 7.62. The first-order chi connectivity index (χ1) is 8.52. The number of carbonyl (C=O) groups is 1. The fourth-order valence-corrected chi connectivity index (χ4v) is 1.95. The summed E-state index contributed by atoms with van der Waals surface area (Å²) in [6.07, 6.45) is 1.73. The molecule has 0 saturated heterocycles. The van der Waals surface area contributed by atoms with Gasteiger partial charge in [-0.2, -0.15) is 0 Å². The summed E-state index contributed by atoms with van der Waals surface area (Å²) in [5, 5.41) is 12.5. The van der Waals surface area contributed by atoms with Crippen LogP contribution in [0.1, 0.15) is 25.3 Å². The van der Waals surface area contributed by atoms with E-state index < -0.39 is 0 Å². The van der Waals surface area contributed by atoms with Crippen molar-refractivity contribution in [2.45, 2.75) is 32.2 Å². The van der Waals surface area contributed by atoms with E-state index in [1.54, 1.807) is 18.2 Å². The van der Waals surface area contributed by atoms with Gasteiger partial charge >= 0.3 is 0 Å². The molecule has 1 rings (SSSR count). The van der Waals surface area contributed by atoms with Gasteiger partial charge in [0.15, 0.2) is 0 Å². The Balaban J connectivity index is 2.46. The summed E-state index contributed by atoms with van der Waals surface area (Å²) in [6.45, 7) is 2.06. The van der Waals surface area contributed by atoms with Crippen LogP contribution in [0.4, 0.5) is 0 Å². The third-order valence-corrected chi connectivity index (χ3v) is 3.29. The molecule has 0 aliphatic carbocycles. The minimum atomic E-state index is -0.0566. The highest BCUT2D eigenvalue weighted by atomic mass is 35.5. The summed E-state index contributed by atoms with van der Waals surface area (Å²) in [7, 11) is 0. The van der Waals surface area contributed by atoms with Gasteiger partial charge in [-0.25, -0.2) is 0 Å². The van der Waals surface area contributed by atoms with Crippen LogP contribution in [0.2, 0.25) is 10.0 Å². The van der Waals surface area contributed by atoms with Crippen LogP contribution in [0.15, 0.2) is 18.2 Å². The highest BCUT2D eigenvalue weighted by molar-refractivity contribution is 6.42. The molecule has 0 aliphatic rings. The van der Waals surface area contributed by atoms with E-state index in [-0.39, 0.29) is 25.0 Å². The molecule has 0 fully saturated rings. The molecule has 5 heteroatoms. The van der Waals surface area contributed by atoms with Gasteiger partial charge in [0.2, 0.25) is 5.91 Å². The smallest absolute Gasteiger partial charge is 0.224 e. The van der Waals surface area contributed by atoms with Crippen molar-refractivity contribution in [3.05, 3.63) is 33.8 Å². The summed E-state index contributed by atoms with van der Waals surface area (Å²) in [5.74, 6) is -0.0566. The summed E-state index contributed by atoms with van der Waals surface area (Å²) in [5.41, 5.74) is 0.830. The van der Waals surface area contributed by atoms with Crippen LogP contribution in [-0.4, -0.2) is 23.7 Å². The molecule has 100 valence electrons. The molecular formula is C13H17Cl2NO2. The Labute approximate surface area is 117 Å². The first-order valence-corrected chi connectivity index (χ1v) is 6.62. The number of rotatable bonds is 6. The van der Waals surface area contributed by atoms with Gasteiger partial charge in [0, 0.05) is 12.6 Å². The maximum atomic E-state index is 11.7. The number of carbonyl (C=O) groups excluding carboxylic acids is 1. The molecule has 2 N–H and O–H groups in total. The van der Waals surface area contributed by atoms with Crippen LogP contribution in [0, 0.1) is 0 Å². The van der Waals surface area contributed by atoms with Crippen LogP contribution in [0.25, 0.3) is 0 Å². The lowest BCUT2D eigenvalue weighted by Crippen LogP contribution is -2.33. The molecule has 0 heterocycles. The lowest BCUT2D eigenvalue weighted by atomic mass is 10.1. The monoisotopic (exact) mass is 289 g/mol. The molecule has 0 aliphatic heterocycles. The van der Waals surface area contributed by atoms with Crippen molar-refractivity contribution in [3.8, 4) is 0 Å². The van der Waals surface area contributed by atoms with E-state index in [4.69, 9.17) is 28.3 Å². The number of hydrogen-bond acceptors (Lipinski definition) is 2. The van der Waals surface area contributed by atoms with Crippen molar-refractivity contribution in [1.82, 2.24) is 5.32 Å². The SMILES string of the molecule is CC(CCCO)NC(=O)Cc1ccc(Cl)c(Cl)c1. The van der Waals surface area contributed by atoms with Crippen LogP contribution in [0.3, 0.4) is 0 Å². The molecule has 0 aromatic heterocycles. The molecule has 0 bridgehead atoms. The second-order valence-corrected chi connectivity index (χ2v) is 5.07. The van der Waals surface area contributed by atoms with E-state index in [1.807, 2.05) is 6.92 Å². The van der Waals surface area contributed by atoms with Crippen molar-refractivity contribution >= 4 is 29.1 Å². The van der Waals surface area contributed by atoms with Gasteiger partial charge in [0.05, 0.1) is 16.5 Å². The van der Waals surface area contributed by atoms with Crippen LogP contribution >= 0.6 is 23.2 Å². The van der Waals surface area contributed by atoms with Crippen molar-refractivity contribution in [3.63, 3.8) is 0 Å². The fraction of sp³-hybridized carbons (Fsp3) is 0.462. The van der Waals surface area contributed by atoms with Gasteiger partial charge in [-0.15, -0.1) is 0 Å². The third kappa shape index (κ3) is 5.25. The van der Waals surface area contributed by atoms with Crippen LogP contribution in [0.5, 0.6) is 0 Å².